The van der Waals surface area contributed by atoms with E-state index in [4.69, 9.17) is 0 Å². The number of benzene rings is 2. The molecule has 9 heteroatoms. The van der Waals surface area contributed by atoms with Gasteiger partial charge in [-0.3, -0.25) is 4.55 Å². The van der Waals surface area contributed by atoms with E-state index in [1.54, 1.807) is 6.07 Å². The number of hydrogen-bond acceptors (Lipinski definition) is 5. The quantitative estimate of drug-likeness (QED) is 0.339. The van der Waals surface area contributed by atoms with Gasteiger partial charge in [0.2, 0.25) is 5.69 Å². The molecule has 170 valence electrons. The predicted octanol–water partition coefficient (Wildman–Crippen LogP) is 3.98. The SMILES string of the molecule is CCCCCC1(C)C(C)=[N+](CCCS(=O)(=O)[O-])c2ccc3ccc(S(=O)(=O)O)cc3c21. The van der Waals surface area contributed by atoms with Crippen molar-refractivity contribution in [1.29, 1.82) is 0 Å². The molecule has 1 aliphatic rings. The van der Waals surface area contributed by atoms with E-state index in [1.807, 2.05) is 23.6 Å². The van der Waals surface area contributed by atoms with Gasteiger partial charge < -0.3 is 4.55 Å². The maximum Gasteiger partial charge on any atom is 0.294 e. The molecule has 1 atom stereocenters. The number of fused-ring (bicyclic) bond motifs is 3. The highest BCUT2D eigenvalue weighted by molar-refractivity contribution is 7.86. The summed E-state index contributed by atoms with van der Waals surface area (Å²) in [7, 11) is -8.64. The van der Waals surface area contributed by atoms with Crippen LogP contribution in [0.15, 0.2) is 35.2 Å². The minimum atomic E-state index is -4.35. The van der Waals surface area contributed by atoms with Crippen molar-refractivity contribution < 1.29 is 30.5 Å². The fourth-order valence-corrected chi connectivity index (χ4v) is 5.62. The summed E-state index contributed by atoms with van der Waals surface area (Å²) in [5.74, 6) is -0.431. The van der Waals surface area contributed by atoms with Crippen molar-refractivity contribution in [2.24, 2.45) is 0 Å². The molecule has 0 spiro atoms. The third kappa shape index (κ3) is 4.84. The first-order valence-electron chi connectivity index (χ1n) is 10.5. The first kappa shape index (κ1) is 23.8. The smallest absolute Gasteiger partial charge is 0.294 e. The molecule has 7 nitrogen and oxygen atoms in total. The predicted molar refractivity (Wildman–Crippen MR) is 120 cm³/mol. The summed E-state index contributed by atoms with van der Waals surface area (Å²) in [5, 5.41) is 1.62. The van der Waals surface area contributed by atoms with E-state index >= 15 is 0 Å². The molecule has 3 rings (SSSR count). The highest BCUT2D eigenvalue weighted by Crippen LogP contribution is 2.47. The molecule has 0 fully saturated rings. The zero-order chi connectivity index (χ0) is 23.0. The molecule has 0 saturated carbocycles. The van der Waals surface area contributed by atoms with Crippen LogP contribution in [-0.2, 0) is 25.7 Å². The largest absolute Gasteiger partial charge is 0.748 e. The molecule has 0 saturated heterocycles. The fourth-order valence-electron chi connectivity index (χ4n) is 4.63. The van der Waals surface area contributed by atoms with E-state index < -0.39 is 26.0 Å². The van der Waals surface area contributed by atoms with Crippen molar-refractivity contribution in [2.75, 3.05) is 12.3 Å². The van der Waals surface area contributed by atoms with Gasteiger partial charge in [-0.25, -0.2) is 8.42 Å². The van der Waals surface area contributed by atoms with Crippen LogP contribution in [0.25, 0.3) is 10.8 Å². The van der Waals surface area contributed by atoms with Crippen LogP contribution in [0.4, 0.5) is 5.69 Å². The number of rotatable bonds is 9. The van der Waals surface area contributed by atoms with Crippen LogP contribution in [-0.4, -0.2) is 48.5 Å². The van der Waals surface area contributed by atoms with Crippen molar-refractivity contribution in [2.45, 2.75) is 63.2 Å². The lowest BCUT2D eigenvalue weighted by molar-refractivity contribution is -0.438. The van der Waals surface area contributed by atoms with Gasteiger partial charge in [-0.2, -0.15) is 13.0 Å². The Kier molecular flexibility index (Phi) is 6.63. The summed E-state index contributed by atoms with van der Waals surface area (Å²) < 4.78 is 68.4. The van der Waals surface area contributed by atoms with Crippen molar-refractivity contribution in [1.82, 2.24) is 0 Å². The molecule has 2 aromatic carbocycles. The molecule has 0 bridgehead atoms. The first-order chi connectivity index (χ1) is 14.4. The molecule has 0 aromatic heterocycles. The topological polar surface area (TPSA) is 115 Å². The van der Waals surface area contributed by atoms with Crippen LogP contribution in [0.3, 0.4) is 0 Å². The molecule has 1 heterocycles. The summed E-state index contributed by atoms with van der Waals surface area (Å²) in [6.45, 7) is 6.65. The van der Waals surface area contributed by atoms with Crippen LogP contribution >= 0.6 is 0 Å². The molecule has 31 heavy (non-hydrogen) atoms. The molecule has 1 N–H and O–H groups in total. The number of nitrogens with zero attached hydrogens (tertiary/aromatic N) is 1. The summed E-state index contributed by atoms with van der Waals surface area (Å²) >= 11 is 0. The average molecular weight is 468 g/mol. The Balaban J connectivity index is 2.18. The van der Waals surface area contributed by atoms with Gasteiger partial charge in [0.15, 0.2) is 5.71 Å². The Morgan fingerprint density at radius 3 is 2.35 bits per heavy atom. The van der Waals surface area contributed by atoms with E-state index in [0.29, 0.717) is 6.54 Å². The average Bonchev–Trinajstić information content (AvgIpc) is 2.88. The molecule has 0 amide bonds. The van der Waals surface area contributed by atoms with E-state index in [-0.39, 0.29) is 16.7 Å². The van der Waals surface area contributed by atoms with Crippen molar-refractivity contribution in [3.05, 3.63) is 35.9 Å². The van der Waals surface area contributed by atoms with Gasteiger partial charge in [-0.05, 0) is 42.3 Å². The van der Waals surface area contributed by atoms with E-state index in [0.717, 1.165) is 53.4 Å². The second-order valence-corrected chi connectivity index (χ2v) is 11.4. The van der Waals surface area contributed by atoms with Gasteiger partial charge >= 0.3 is 0 Å². The third-order valence-electron chi connectivity index (χ3n) is 6.37. The normalized spacial score (nSPS) is 19.3. The van der Waals surface area contributed by atoms with Gasteiger partial charge in [-0.15, -0.1) is 0 Å². The van der Waals surface area contributed by atoms with Gasteiger partial charge in [0.1, 0.15) is 6.54 Å². The van der Waals surface area contributed by atoms with Crippen LogP contribution in [0.1, 0.15) is 58.4 Å². The second-order valence-electron chi connectivity index (χ2n) is 8.46. The third-order valence-corrected chi connectivity index (χ3v) is 8.01. The Morgan fingerprint density at radius 1 is 1.06 bits per heavy atom. The first-order valence-corrected chi connectivity index (χ1v) is 13.5. The van der Waals surface area contributed by atoms with Crippen molar-refractivity contribution >= 4 is 42.4 Å². The summed E-state index contributed by atoms with van der Waals surface area (Å²) in [5.41, 5.74) is 2.54. The lowest BCUT2D eigenvalue weighted by Gasteiger charge is -2.23. The Hall–Kier alpha value is -1.81. The molecule has 2 aromatic rings. The van der Waals surface area contributed by atoms with Gasteiger partial charge in [0, 0.05) is 30.7 Å². The highest BCUT2D eigenvalue weighted by Gasteiger charge is 2.47. The van der Waals surface area contributed by atoms with Crippen LogP contribution in [0.2, 0.25) is 0 Å². The van der Waals surface area contributed by atoms with Crippen LogP contribution in [0.5, 0.6) is 0 Å². The van der Waals surface area contributed by atoms with E-state index in [1.165, 1.54) is 12.1 Å². The summed E-state index contributed by atoms with van der Waals surface area (Å²) in [6, 6.07) is 8.45. The van der Waals surface area contributed by atoms with E-state index in [2.05, 4.69) is 13.8 Å². The zero-order valence-corrected chi connectivity index (χ0v) is 19.7. The fraction of sp³-hybridized carbons (Fsp3) is 0.500. The maximum atomic E-state index is 11.8. The second kappa shape index (κ2) is 8.61. The van der Waals surface area contributed by atoms with Crippen molar-refractivity contribution in [3.63, 3.8) is 0 Å². The summed E-state index contributed by atoms with van der Waals surface area (Å²) in [6.07, 6.45) is 4.17. The Bertz CT molecular complexity index is 1250. The van der Waals surface area contributed by atoms with Crippen LogP contribution < -0.4 is 0 Å². The molecule has 1 unspecified atom stereocenters. The molecular formula is C22H29NO6S2. The molecule has 0 radical (unpaired) electrons. The lowest BCUT2D eigenvalue weighted by atomic mass is 9.74. The Morgan fingerprint density at radius 2 is 1.74 bits per heavy atom. The van der Waals surface area contributed by atoms with Gasteiger partial charge in [0.05, 0.1) is 20.4 Å². The summed E-state index contributed by atoms with van der Waals surface area (Å²) in [4.78, 5) is -0.155. The maximum absolute atomic E-state index is 11.8. The van der Waals surface area contributed by atoms with Gasteiger partial charge in [-0.1, -0.05) is 32.3 Å². The highest BCUT2D eigenvalue weighted by atomic mass is 32.2. The minimum absolute atomic E-state index is 0.155. The van der Waals surface area contributed by atoms with E-state index in [9.17, 15) is 25.9 Å². The van der Waals surface area contributed by atoms with Crippen LogP contribution in [0, 0.1) is 0 Å². The van der Waals surface area contributed by atoms with Crippen molar-refractivity contribution in [3.8, 4) is 0 Å². The minimum Gasteiger partial charge on any atom is -0.748 e. The molecular weight excluding hydrogens is 438 g/mol. The Labute approximate surface area is 184 Å². The molecule has 0 aliphatic carbocycles. The monoisotopic (exact) mass is 467 g/mol. The molecule has 1 aliphatic heterocycles. The standard InChI is InChI=1S/C22H29NO6S2/c1-4-5-6-12-22(3)16(2)23(13-7-14-30(24,25)26)20-11-9-17-8-10-18(31(27,28)29)15-19(17)21(20)22/h8-11,15H,4-7,12-14H2,1-3H3,(H-,24,25,26,27,28,29). The lowest BCUT2D eigenvalue weighted by Crippen LogP contribution is -2.31. The zero-order valence-electron chi connectivity index (χ0n) is 18.1. The number of unbranched alkanes of at least 4 members (excludes halogenated alkanes) is 2. The number of hydrogen-bond donors (Lipinski definition) is 1. The van der Waals surface area contributed by atoms with Gasteiger partial charge in [0.25, 0.3) is 10.1 Å².